The zero-order valence-corrected chi connectivity index (χ0v) is 20.3. The second-order valence-electron chi connectivity index (χ2n) is 8.88. The van der Waals surface area contributed by atoms with E-state index >= 15 is 0 Å². The third-order valence-electron chi connectivity index (χ3n) is 6.06. The van der Waals surface area contributed by atoms with E-state index in [0.29, 0.717) is 0 Å². The smallest absolute Gasteiger partial charge is 0.00132 e. The van der Waals surface area contributed by atoms with Crippen LogP contribution in [-0.4, -0.2) is 0 Å². The van der Waals surface area contributed by atoms with E-state index in [1.807, 2.05) is 36.4 Å². The molecule has 1 aliphatic carbocycles. The lowest BCUT2D eigenvalue weighted by atomic mass is 9.98. The Hall–Kier alpha value is -3.90. The quantitative estimate of drug-likeness (QED) is 0.239. The van der Waals surface area contributed by atoms with E-state index in [1.54, 1.807) is 0 Å². The van der Waals surface area contributed by atoms with E-state index in [2.05, 4.69) is 112 Å². The summed E-state index contributed by atoms with van der Waals surface area (Å²) in [4.78, 5) is 0. The minimum Gasteiger partial charge on any atom is -0.0622 e. The molecule has 0 N–H and O–H groups in total. The normalized spacial score (nSPS) is 10.7. The average molecular weight is 441 g/mol. The zero-order chi connectivity index (χ0) is 23.8. The van der Waals surface area contributed by atoms with Crippen LogP contribution in [0, 0.1) is 20.8 Å². The molecular weight excluding hydrogens is 408 g/mol. The van der Waals surface area contributed by atoms with Gasteiger partial charge in [-0.05, 0) is 60.6 Å². The van der Waals surface area contributed by atoms with Gasteiger partial charge in [-0.15, -0.1) is 0 Å². The Labute approximate surface area is 204 Å². The van der Waals surface area contributed by atoms with E-state index in [-0.39, 0.29) is 0 Å². The first kappa shape index (κ1) is 23.3. The Morgan fingerprint density at radius 2 is 0.853 bits per heavy atom. The van der Waals surface area contributed by atoms with Crippen molar-refractivity contribution in [3.8, 4) is 22.3 Å². The monoisotopic (exact) mass is 440 g/mol. The van der Waals surface area contributed by atoms with E-state index in [0.717, 1.165) is 6.42 Å². The molecule has 0 nitrogen and oxygen atoms in total. The van der Waals surface area contributed by atoms with Crippen molar-refractivity contribution in [3.63, 3.8) is 0 Å². The van der Waals surface area contributed by atoms with Crippen molar-refractivity contribution < 1.29 is 0 Å². The maximum atomic E-state index is 2.35. The third-order valence-corrected chi connectivity index (χ3v) is 6.06. The summed E-state index contributed by atoms with van der Waals surface area (Å²) in [5, 5.41) is 0. The van der Waals surface area contributed by atoms with Crippen LogP contribution in [-0.2, 0) is 6.42 Å². The first-order valence-electron chi connectivity index (χ1n) is 11.9. The summed E-state index contributed by atoms with van der Waals surface area (Å²) in [6, 6.07) is 44.9. The van der Waals surface area contributed by atoms with E-state index < -0.39 is 0 Å². The van der Waals surface area contributed by atoms with Gasteiger partial charge in [0.25, 0.3) is 0 Å². The largest absolute Gasteiger partial charge is 0.0622 e. The van der Waals surface area contributed by atoms with Crippen LogP contribution in [0.5, 0.6) is 0 Å². The van der Waals surface area contributed by atoms with Gasteiger partial charge < -0.3 is 0 Å². The fourth-order valence-corrected chi connectivity index (χ4v) is 4.14. The van der Waals surface area contributed by atoms with Gasteiger partial charge in [-0.1, -0.05) is 144 Å². The van der Waals surface area contributed by atoms with E-state index in [4.69, 9.17) is 0 Å². The maximum Gasteiger partial charge on any atom is -0.00132 e. The highest BCUT2D eigenvalue weighted by atomic mass is 14.2. The van der Waals surface area contributed by atoms with Crippen LogP contribution in [0.15, 0.2) is 127 Å². The highest BCUT2D eigenvalue weighted by molar-refractivity contribution is 5.80. The molecule has 0 spiro atoms. The number of hydrogen-bond donors (Lipinski definition) is 0. The van der Waals surface area contributed by atoms with Crippen LogP contribution in [0.3, 0.4) is 0 Å². The zero-order valence-electron chi connectivity index (χ0n) is 20.3. The number of benzene rings is 5. The summed E-state index contributed by atoms with van der Waals surface area (Å²) < 4.78 is 0. The van der Waals surface area contributed by atoms with Gasteiger partial charge in [0.05, 0.1) is 0 Å². The van der Waals surface area contributed by atoms with Crippen LogP contribution in [0.2, 0.25) is 0 Å². The number of aryl methyl sites for hydroxylation is 3. The summed E-state index contributed by atoms with van der Waals surface area (Å²) in [7, 11) is 0. The Morgan fingerprint density at radius 3 is 1.41 bits per heavy atom. The van der Waals surface area contributed by atoms with Crippen LogP contribution < -0.4 is 0 Å². The molecule has 34 heavy (non-hydrogen) atoms. The second-order valence-corrected chi connectivity index (χ2v) is 8.88. The summed E-state index contributed by atoms with van der Waals surface area (Å²) in [6.07, 6.45) is 1.06. The second kappa shape index (κ2) is 11.3. The summed E-state index contributed by atoms with van der Waals surface area (Å²) in [5.41, 5.74) is 12.3. The van der Waals surface area contributed by atoms with Crippen molar-refractivity contribution in [3.05, 3.63) is 155 Å². The van der Waals surface area contributed by atoms with Gasteiger partial charge in [0.2, 0.25) is 0 Å². The molecule has 0 saturated carbocycles. The number of fused-ring (bicyclic) bond motifs is 3. The molecule has 168 valence electrons. The van der Waals surface area contributed by atoms with Crippen LogP contribution in [0.1, 0.15) is 27.8 Å². The van der Waals surface area contributed by atoms with Crippen molar-refractivity contribution in [1.82, 2.24) is 0 Å². The highest BCUT2D eigenvalue weighted by Gasteiger charge is 2.17. The molecule has 0 atom stereocenters. The van der Waals surface area contributed by atoms with Crippen molar-refractivity contribution in [2.45, 2.75) is 27.2 Å². The predicted octanol–water partition coefficient (Wildman–Crippen LogP) is 9.22. The van der Waals surface area contributed by atoms with Crippen molar-refractivity contribution in [2.75, 3.05) is 0 Å². The minimum atomic E-state index is 1.06. The number of hydrogen-bond acceptors (Lipinski definition) is 0. The fraction of sp³-hybridized carbons (Fsp3) is 0.118. The topological polar surface area (TPSA) is 0 Å². The SMILES string of the molecule is Cc1ccc(-c2ccc3c(c2)Cc2ccccc2-3)cc1.Cc1ccccc1.Cc1ccccc1. The molecule has 0 fully saturated rings. The molecule has 6 rings (SSSR count). The van der Waals surface area contributed by atoms with Crippen LogP contribution in [0.4, 0.5) is 0 Å². The Bertz CT molecular complexity index is 1280. The van der Waals surface area contributed by atoms with Gasteiger partial charge in [-0.3, -0.25) is 0 Å². The first-order chi connectivity index (χ1) is 16.6. The summed E-state index contributed by atoms with van der Waals surface area (Å²) in [6.45, 7) is 6.29. The molecule has 1 aliphatic rings. The summed E-state index contributed by atoms with van der Waals surface area (Å²) in [5.74, 6) is 0. The predicted molar refractivity (Wildman–Crippen MR) is 147 cm³/mol. The van der Waals surface area contributed by atoms with Gasteiger partial charge in [-0.2, -0.15) is 0 Å². The standard InChI is InChI=1S/C20H16.2C7H8/c1-14-6-8-15(9-7-14)16-10-11-20-18(12-16)13-17-4-2-3-5-19(17)20;2*1-7-5-3-2-4-6-7/h2-12H,13H2,1H3;2*2-6H,1H3. The first-order valence-corrected chi connectivity index (χ1v) is 11.9. The lowest BCUT2D eigenvalue weighted by molar-refractivity contribution is 1.26. The molecule has 0 heterocycles. The van der Waals surface area contributed by atoms with Crippen LogP contribution >= 0.6 is 0 Å². The molecule has 5 aromatic carbocycles. The number of rotatable bonds is 1. The molecule has 0 saturated heterocycles. The average Bonchev–Trinajstić information content (AvgIpc) is 3.24. The molecule has 0 radical (unpaired) electrons. The van der Waals surface area contributed by atoms with E-state index in [9.17, 15) is 0 Å². The molecule has 0 aliphatic heterocycles. The van der Waals surface area contributed by atoms with Gasteiger partial charge in [0.1, 0.15) is 0 Å². The van der Waals surface area contributed by atoms with Gasteiger partial charge in [0, 0.05) is 0 Å². The van der Waals surface area contributed by atoms with Gasteiger partial charge in [0.15, 0.2) is 0 Å². The molecule has 0 unspecified atom stereocenters. The third kappa shape index (κ3) is 6.11. The van der Waals surface area contributed by atoms with Crippen molar-refractivity contribution in [1.29, 1.82) is 0 Å². The summed E-state index contributed by atoms with van der Waals surface area (Å²) >= 11 is 0. The molecule has 0 bridgehead atoms. The Balaban J connectivity index is 0.000000160. The van der Waals surface area contributed by atoms with Crippen molar-refractivity contribution >= 4 is 0 Å². The Kier molecular flexibility index (Phi) is 7.73. The molecular formula is C34H32. The van der Waals surface area contributed by atoms with Crippen LogP contribution in [0.25, 0.3) is 22.3 Å². The lowest BCUT2D eigenvalue weighted by Crippen LogP contribution is -1.84. The van der Waals surface area contributed by atoms with E-state index in [1.165, 1.54) is 50.1 Å². The highest BCUT2D eigenvalue weighted by Crippen LogP contribution is 2.38. The molecule has 0 amide bonds. The molecule has 0 heteroatoms. The van der Waals surface area contributed by atoms with Gasteiger partial charge in [-0.25, -0.2) is 0 Å². The van der Waals surface area contributed by atoms with Crippen molar-refractivity contribution in [2.24, 2.45) is 0 Å². The minimum absolute atomic E-state index is 1.06. The van der Waals surface area contributed by atoms with Gasteiger partial charge >= 0.3 is 0 Å². The lowest BCUT2D eigenvalue weighted by Gasteiger charge is -2.06. The molecule has 0 aromatic heterocycles. The fourth-order valence-electron chi connectivity index (χ4n) is 4.14. The maximum absolute atomic E-state index is 2.35. The molecule has 5 aromatic rings. The Morgan fingerprint density at radius 1 is 0.382 bits per heavy atom.